The Kier molecular flexibility index (Phi) is 13.3. The second-order valence-electron chi connectivity index (χ2n) is 12.5. The van der Waals surface area contributed by atoms with Crippen LogP contribution in [0.3, 0.4) is 0 Å². The molecule has 3 amide bonds. The smallest absolute Gasteiger partial charge is 0.253 e. The number of piperidine rings is 1. The van der Waals surface area contributed by atoms with Crippen molar-refractivity contribution in [3.63, 3.8) is 0 Å². The number of methoxy groups -OCH3 is 1. The Labute approximate surface area is 279 Å². The van der Waals surface area contributed by atoms with Crippen molar-refractivity contribution in [2.75, 3.05) is 40.8 Å². The van der Waals surface area contributed by atoms with Crippen molar-refractivity contribution in [2.45, 2.75) is 83.5 Å². The molecule has 2 fully saturated rings. The molecule has 46 heavy (non-hydrogen) atoms. The van der Waals surface area contributed by atoms with Crippen LogP contribution in [-0.2, 0) is 16.1 Å². The number of hydrogen-bond acceptors (Lipinski definition) is 7. The molecular weight excluding hydrogens is 608 g/mol. The molecule has 0 unspecified atom stereocenters. The quantitative estimate of drug-likeness (QED) is 0.316. The molecule has 11 heteroatoms. The summed E-state index contributed by atoms with van der Waals surface area (Å²) in [5, 5.41) is 14.0. The van der Waals surface area contributed by atoms with Gasteiger partial charge in [0.15, 0.2) is 11.5 Å². The molecular formula is C35H51ClN4O6. The third kappa shape index (κ3) is 7.96. The lowest BCUT2D eigenvalue weighted by molar-refractivity contribution is -0.165. The maximum atomic E-state index is 13.8. The summed E-state index contributed by atoms with van der Waals surface area (Å²) < 4.78 is 11.5. The van der Waals surface area contributed by atoms with Gasteiger partial charge in [-0.15, -0.1) is 12.4 Å². The molecule has 0 radical (unpaired) electrons. The largest absolute Gasteiger partial charge is 0.493 e. The highest BCUT2D eigenvalue weighted by Gasteiger charge is 2.55. The van der Waals surface area contributed by atoms with Gasteiger partial charge in [-0.2, -0.15) is 0 Å². The molecule has 254 valence electrons. The van der Waals surface area contributed by atoms with Gasteiger partial charge in [0.2, 0.25) is 11.8 Å². The molecule has 2 aliphatic heterocycles. The molecule has 2 aromatic carbocycles. The van der Waals surface area contributed by atoms with Crippen LogP contribution >= 0.6 is 12.4 Å². The Bertz CT molecular complexity index is 1320. The van der Waals surface area contributed by atoms with Gasteiger partial charge < -0.3 is 29.7 Å². The van der Waals surface area contributed by atoms with Crippen molar-refractivity contribution < 1.29 is 29.0 Å². The number of aliphatic hydroxyl groups excluding tert-OH is 1. The van der Waals surface area contributed by atoms with E-state index in [1.165, 1.54) is 4.90 Å². The first-order valence-electron chi connectivity index (χ1n) is 16.3. The van der Waals surface area contributed by atoms with Crippen molar-refractivity contribution in [1.82, 2.24) is 20.0 Å². The Hall–Kier alpha value is -3.34. The van der Waals surface area contributed by atoms with E-state index in [-0.39, 0.29) is 36.0 Å². The summed E-state index contributed by atoms with van der Waals surface area (Å²) in [6.45, 7) is 8.68. The maximum Gasteiger partial charge on any atom is 0.253 e. The van der Waals surface area contributed by atoms with Gasteiger partial charge in [0.25, 0.3) is 5.91 Å². The van der Waals surface area contributed by atoms with Crippen LogP contribution < -0.4 is 14.8 Å². The van der Waals surface area contributed by atoms with Gasteiger partial charge in [-0.25, -0.2) is 0 Å². The fraction of sp³-hybridized carbons (Fsp3) is 0.571. The van der Waals surface area contributed by atoms with Gasteiger partial charge in [-0.05, 0) is 61.1 Å². The molecule has 2 saturated heterocycles. The zero-order chi connectivity index (χ0) is 32.7. The summed E-state index contributed by atoms with van der Waals surface area (Å²) >= 11 is 0. The number of ether oxygens (including phenoxy) is 2. The number of rotatable bonds is 13. The van der Waals surface area contributed by atoms with Gasteiger partial charge in [0.1, 0.15) is 17.3 Å². The number of benzene rings is 2. The number of halogens is 1. The minimum Gasteiger partial charge on any atom is -0.493 e. The molecule has 2 heterocycles. The van der Waals surface area contributed by atoms with E-state index in [4.69, 9.17) is 9.47 Å². The van der Waals surface area contributed by atoms with Crippen molar-refractivity contribution >= 4 is 30.1 Å². The molecule has 4 rings (SSSR count). The van der Waals surface area contributed by atoms with E-state index in [9.17, 15) is 19.5 Å². The van der Waals surface area contributed by atoms with Crippen LogP contribution in [-0.4, -0.2) is 96.1 Å². The molecule has 0 saturated carbocycles. The number of unbranched alkanes of at least 4 members (excludes halogenated alkanes) is 1. The first kappa shape index (κ1) is 37.1. The summed E-state index contributed by atoms with van der Waals surface area (Å²) in [5.74, 6) is 1.20. The molecule has 2 aromatic rings. The number of piperazine rings is 1. The summed E-state index contributed by atoms with van der Waals surface area (Å²) in [7, 11) is 4.95. The lowest BCUT2D eigenvalue weighted by atomic mass is 9.79. The van der Waals surface area contributed by atoms with Crippen LogP contribution in [0.4, 0.5) is 0 Å². The molecule has 0 aliphatic carbocycles. The van der Waals surface area contributed by atoms with Gasteiger partial charge in [0, 0.05) is 45.8 Å². The van der Waals surface area contributed by atoms with E-state index in [2.05, 4.69) is 17.1 Å². The van der Waals surface area contributed by atoms with Crippen LogP contribution in [0.1, 0.15) is 75.2 Å². The van der Waals surface area contributed by atoms with Crippen LogP contribution in [0.25, 0.3) is 0 Å². The number of amides is 3. The summed E-state index contributed by atoms with van der Waals surface area (Å²) in [6, 6.07) is 12.1. The zero-order valence-electron chi connectivity index (χ0n) is 28.1. The number of carbonyl (C=O) groups is 3. The molecule has 10 nitrogen and oxygen atoms in total. The topological polar surface area (TPSA) is 112 Å². The Balaban J connectivity index is 0.00000576. The van der Waals surface area contributed by atoms with Crippen LogP contribution in [0.2, 0.25) is 0 Å². The molecule has 2 atom stereocenters. The Morgan fingerprint density at radius 2 is 1.70 bits per heavy atom. The molecule has 2 aliphatic rings. The third-order valence-electron chi connectivity index (χ3n) is 9.42. The highest BCUT2D eigenvalue weighted by Crippen LogP contribution is 2.36. The predicted octanol–water partition coefficient (Wildman–Crippen LogP) is 4.87. The van der Waals surface area contributed by atoms with Gasteiger partial charge in [0.05, 0.1) is 13.2 Å². The normalized spacial score (nSPS) is 18.6. The SMILES string of the molecule is CCCCN1C(=O)[C@@H]([C@H](O)C(CC)CC)NC(=O)C12CCN(Cc1ccc(Oc3ccc(C(=O)N(C)C)cc3OC)cc1)CC2.Cl. The number of hydrogen-bond donors (Lipinski definition) is 2. The molecule has 0 aromatic heterocycles. The van der Waals surface area contributed by atoms with Crippen molar-refractivity contribution in [2.24, 2.45) is 5.92 Å². The van der Waals surface area contributed by atoms with Crippen molar-refractivity contribution in [3.8, 4) is 17.2 Å². The van der Waals surface area contributed by atoms with Crippen molar-refractivity contribution in [3.05, 3.63) is 53.6 Å². The zero-order valence-corrected chi connectivity index (χ0v) is 28.9. The lowest BCUT2D eigenvalue weighted by Crippen LogP contribution is -2.75. The van der Waals surface area contributed by atoms with E-state index in [0.29, 0.717) is 61.8 Å². The summed E-state index contributed by atoms with van der Waals surface area (Å²) in [5.41, 5.74) is 0.749. The average Bonchev–Trinajstić information content (AvgIpc) is 3.05. The van der Waals surface area contributed by atoms with Crippen LogP contribution in [0.5, 0.6) is 17.2 Å². The number of aliphatic hydroxyl groups is 1. The second kappa shape index (κ2) is 16.5. The van der Waals surface area contributed by atoms with Gasteiger partial charge >= 0.3 is 0 Å². The first-order chi connectivity index (χ1) is 21.6. The van der Waals surface area contributed by atoms with Gasteiger partial charge in [-0.3, -0.25) is 19.3 Å². The van der Waals surface area contributed by atoms with Crippen molar-refractivity contribution in [1.29, 1.82) is 0 Å². The fourth-order valence-corrected chi connectivity index (χ4v) is 6.52. The highest BCUT2D eigenvalue weighted by molar-refractivity contribution is 6.00. The highest BCUT2D eigenvalue weighted by atomic mass is 35.5. The van der Waals surface area contributed by atoms with Gasteiger partial charge in [-0.1, -0.05) is 52.2 Å². The first-order valence-corrected chi connectivity index (χ1v) is 16.3. The minimum atomic E-state index is -0.891. The molecule has 2 N–H and O–H groups in total. The summed E-state index contributed by atoms with van der Waals surface area (Å²) in [4.78, 5) is 45.4. The molecule has 0 bridgehead atoms. The molecule has 1 spiro atoms. The number of nitrogens with one attached hydrogen (secondary N) is 1. The van der Waals surface area contributed by atoms with E-state index < -0.39 is 17.7 Å². The minimum absolute atomic E-state index is 0. The lowest BCUT2D eigenvalue weighted by Gasteiger charge is -2.52. The third-order valence-corrected chi connectivity index (χ3v) is 9.42. The standard InChI is InChI=1S/C35H50N4O6.ClH/c1-7-10-19-39-33(42)30(31(40)25(8-2)9-3)36-34(43)35(39)17-20-38(21-18-35)23-24-11-14-27(15-12-24)45-28-16-13-26(22-29(28)44-6)32(41)37(4)5;/h11-16,22,25,30-31,40H,7-10,17-21,23H2,1-6H3,(H,36,43);1H/t30-,31-;/m1./s1. The van der Waals surface area contributed by atoms with Crippen LogP contribution in [0, 0.1) is 5.92 Å². The van der Waals surface area contributed by atoms with Crippen LogP contribution in [0.15, 0.2) is 42.5 Å². The monoisotopic (exact) mass is 658 g/mol. The average molecular weight is 659 g/mol. The van der Waals surface area contributed by atoms with E-state index >= 15 is 0 Å². The van der Waals surface area contributed by atoms with E-state index in [0.717, 1.165) is 31.2 Å². The fourth-order valence-electron chi connectivity index (χ4n) is 6.52. The Morgan fingerprint density at radius 1 is 1.04 bits per heavy atom. The second-order valence-corrected chi connectivity index (χ2v) is 12.5. The van der Waals surface area contributed by atoms with E-state index in [1.807, 2.05) is 38.1 Å². The number of nitrogens with zero attached hydrogens (tertiary/aromatic N) is 3. The summed E-state index contributed by atoms with van der Waals surface area (Å²) in [6.07, 6.45) is 3.45. The number of carbonyl (C=O) groups excluding carboxylic acids is 3. The maximum absolute atomic E-state index is 13.8. The Morgan fingerprint density at radius 3 is 2.26 bits per heavy atom. The predicted molar refractivity (Wildman–Crippen MR) is 181 cm³/mol. The van der Waals surface area contributed by atoms with E-state index in [1.54, 1.807) is 44.3 Å². The number of likely N-dealkylation sites (tertiary alicyclic amines) is 1.